The second kappa shape index (κ2) is 2.90. The van der Waals surface area contributed by atoms with Crippen LogP contribution in [0.25, 0.3) is 0 Å². The highest BCUT2D eigenvalue weighted by molar-refractivity contribution is 5.76. The van der Waals surface area contributed by atoms with E-state index in [9.17, 15) is 9.18 Å². The van der Waals surface area contributed by atoms with Crippen molar-refractivity contribution in [3.05, 3.63) is 18.2 Å². The number of imidazole rings is 1. The number of alkyl halides is 1. The van der Waals surface area contributed by atoms with Gasteiger partial charge in [0.25, 0.3) is 5.79 Å². The molecule has 1 rings (SSSR count). The van der Waals surface area contributed by atoms with Gasteiger partial charge in [-0.15, -0.1) is 0 Å². The summed E-state index contributed by atoms with van der Waals surface area (Å²) in [4.78, 5) is 16.4. The molecule has 4 N–H and O–H groups in total. The molecule has 12 heavy (non-hydrogen) atoms. The third kappa shape index (κ3) is 1.79. The van der Waals surface area contributed by atoms with Crippen LogP contribution < -0.4 is 5.73 Å². The molecule has 5 nitrogen and oxygen atoms in total. The molecule has 6 heteroatoms. The minimum Gasteiger partial charge on any atom is -0.478 e. The number of hydrogen-bond acceptors (Lipinski definition) is 3. The van der Waals surface area contributed by atoms with E-state index in [0.717, 1.165) is 0 Å². The lowest BCUT2D eigenvalue weighted by molar-refractivity contribution is -0.150. The fraction of sp³-hybridized carbons (Fsp3) is 0.333. The molecule has 0 bridgehead atoms. The van der Waals surface area contributed by atoms with Crippen molar-refractivity contribution in [3.8, 4) is 0 Å². The van der Waals surface area contributed by atoms with Gasteiger partial charge in [0.15, 0.2) is 0 Å². The van der Waals surface area contributed by atoms with Gasteiger partial charge in [0.1, 0.15) is 0 Å². The van der Waals surface area contributed by atoms with Gasteiger partial charge in [-0.2, -0.15) is 0 Å². The summed E-state index contributed by atoms with van der Waals surface area (Å²) in [7, 11) is 0. The van der Waals surface area contributed by atoms with Gasteiger partial charge in [-0.25, -0.2) is 14.2 Å². The average molecular weight is 173 g/mol. The Bertz CT molecular complexity index is 270. The number of aromatic amines is 1. The van der Waals surface area contributed by atoms with E-state index >= 15 is 0 Å². The first kappa shape index (κ1) is 8.66. The van der Waals surface area contributed by atoms with Gasteiger partial charge in [0.2, 0.25) is 0 Å². The van der Waals surface area contributed by atoms with Crippen molar-refractivity contribution >= 4 is 5.97 Å². The minimum absolute atomic E-state index is 0.349. The van der Waals surface area contributed by atoms with Gasteiger partial charge < -0.3 is 10.1 Å². The highest BCUT2D eigenvalue weighted by Gasteiger charge is 2.34. The predicted molar refractivity (Wildman–Crippen MR) is 38.0 cm³/mol. The molecular weight excluding hydrogens is 165 g/mol. The second-order valence-electron chi connectivity index (χ2n) is 2.42. The maximum atomic E-state index is 12.9. The molecule has 0 aromatic carbocycles. The van der Waals surface area contributed by atoms with E-state index < -0.39 is 18.2 Å². The molecule has 0 aliphatic heterocycles. The average Bonchev–Trinajstić information content (AvgIpc) is 2.38. The SMILES string of the molecule is NC(F)(Cc1cnc[nH]1)C(=O)O. The molecule has 1 unspecified atom stereocenters. The van der Waals surface area contributed by atoms with Crippen molar-refractivity contribution in [3.63, 3.8) is 0 Å². The van der Waals surface area contributed by atoms with Crippen LogP contribution in [0.15, 0.2) is 12.5 Å². The number of rotatable bonds is 3. The molecule has 1 atom stereocenters. The summed E-state index contributed by atoms with van der Waals surface area (Å²) in [5.41, 5.74) is 5.19. The van der Waals surface area contributed by atoms with Crippen LogP contribution in [0.3, 0.4) is 0 Å². The Morgan fingerprint density at radius 1 is 1.92 bits per heavy atom. The number of aliphatic carboxylic acids is 1. The fourth-order valence-electron chi connectivity index (χ4n) is 0.734. The van der Waals surface area contributed by atoms with E-state index in [1.165, 1.54) is 12.5 Å². The minimum atomic E-state index is -2.73. The van der Waals surface area contributed by atoms with Crippen LogP contribution in [0.2, 0.25) is 0 Å². The van der Waals surface area contributed by atoms with Gasteiger partial charge in [0, 0.05) is 18.3 Å². The first-order chi connectivity index (χ1) is 5.52. The van der Waals surface area contributed by atoms with Crippen LogP contribution in [0.5, 0.6) is 0 Å². The van der Waals surface area contributed by atoms with Crippen LogP contribution in [-0.4, -0.2) is 26.8 Å². The third-order valence-corrected chi connectivity index (χ3v) is 1.36. The Hall–Kier alpha value is -1.43. The Labute approximate surface area is 67.4 Å². The van der Waals surface area contributed by atoms with Crippen LogP contribution in [-0.2, 0) is 11.2 Å². The zero-order valence-corrected chi connectivity index (χ0v) is 6.12. The van der Waals surface area contributed by atoms with E-state index in [0.29, 0.717) is 5.69 Å². The molecular formula is C6H8FN3O2. The second-order valence-corrected chi connectivity index (χ2v) is 2.42. The van der Waals surface area contributed by atoms with Gasteiger partial charge in [-0.3, -0.25) is 5.73 Å². The molecule has 0 saturated carbocycles. The Kier molecular flexibility index (Phi) is 2.09. The Morgan fingerprint density at radius 3 is 3.00 bits per heavy atom. The van der Waals surface area contributed by atoms with Crippen LogP contribution in [0, 0.1) is 0 Å². The zero-order chi connectivity index (χ0) is 9.19. The first-order valence-electron chi connectivity index (χ1n) is 3.21. The summed E-state index contributed by atoms with van der Waals surface area (Å²) in [5.74, 6) is -4.41. The molecule has 1 heterocycles. The number of nitrogens with one attached hydrogen (secondary N) is 1. The standard InChI is InChI=1S/C6H8FN3O2/c7-6(8,5(11)12)1-4-2-9-3-10-4/h2-3H,1,8H2,(H,9,10)(H,11,12). The molecule has 0 aliphatic rings. The van der Waals surface area contributed by atoms with Crippen molar-refractivity contribution in [1.29, 1.82) is 0 Å². The Morgan fingerprint density at radius 2 is 2.58 bits per heavy atom. The van der Waals surface area contributed by atoms with E-state index in [2.05, 4.69) is 9.97 Å². The van der Waals surface area contributed by atoms with Crippen molar-refractivity contribution in [1.82, 2.24) is 9.97 Å². The number of carbonyl (C=O) groups is 1. The maximum absolute atomic E-state index is 12.9. The monoisotopic (exact) mass is 173 g/mol. The molecule has 66 valence electrons. The molecule has 0 radical (unpaired) electrons. The topological polar surface area (TPSA) is 92.0 Å². The third-order valence-electron chi connectivity index (χ3n) is 1.36. The van der Waals surface area contributed by atoms with E-state index in [-0.39, 0.29) is 0 Å². The smallest absolute Gasteiger partial charge is 0.357 e. The maximum Gasteiger partial charge on any atom is 0.357 e. The lowest BCUT2D eigenvalue weighted by Gasteiger charge is -2.12. The number of carboxylic acids is 1. The first-order valence-corrected chi connectivity index (χ1v) is 3.21. The van der Waals surface area contributed by atoms with Gasteiger partial charge in [0.05, 0.1) is 6.33 Å². The number of aromatic nitrogens is 2. The summed E-state index contributed by atoms with van der Waals surface area (Å²) >= 11 is 0. The van der Waals surface area contributed by atoms with E-state index in [4.69, 9.17) is 10.8 Å². The predicted octanol–water partition coefficient (Wildman–Crippen LogP) is -0.339. The van der Waals surface area contributed by atoms with Gasteiger partial charge in [-0.1, -0.05) is 0 Å². The van der Waals surface area contributed by atoms with Crippen molar-refractivity contribution < 1.29 is 14.3 Å². The van der Waals surface area contributed by atoms with Crippen LogP contribution in [0.4, 0.5) is 4.39 Å². The zero-order valence-electron chi connectivity index (χ0n) is 6.12. The quantitative estimate of drug-likeness (QED) is 0.545. The fourth-order valence-corrected chi connectivity index (χ4v) is 0.734. The molecule has 0 amide bonds. The highest BCUT2D eigenvalue weighted by atomic mass is 19.1. The molecule has 0 saturated heterocycles. The highest BCUT2D eigenvalue weighted by Crippen LogP contribution is 2.09. The number of nitrogens with zero attached hydrogens (tertiary/aromatic N) is 1. The lowest BCUT2D eigenvalue weighted by Crippen LogP contribution is -2.45. The molecule has 0 fully saturated rings. The van der Waals surface area contributed by atoms with E-state index in [1.54, 1.807) is 0 Å². The van der Waals surface area contributed by atoms with Crippen LogP contribution in [0.1, 0.15) is 5.69 Å². The van der Waals surface area contributed by atoms with Crippen molar-refractivity contribution in [2.45, 2.75) is 12.2 Å². The van der Waals surface area contributed by atoms with Gasteiger partial charge in [-0.05, 0) is 0 Å². The molecule has 1 aromatic heterocycles. The lowest BCUT2D eigenvalue weighted by atomic mass is 10.1. The summed E-state index contributed by atoms with van der Waals surface area (Å²) in [6.45, 7) is 0. The van der Waals surface area contributed by atoms with Crippen molar-refractivity contribution in [2.75, 3.05) is 0 Å². The van der Waals surface area contributed by atoms with Crippen LogP contribution >= 0.6 is 0 Å². The number of H-pyrrole nitrogens is 1. The largest absolute Gasteiger partial charge is 0.478 e. The number of nitrogens with two attached hydrogens (primary N) is 1. The number of hydrogen-bond donors (Lipinski definition) is 3. The van der Waals surface area contributed by atoms with E-state index in [1.807, 2.05) is 0 Å². The normalized spacial score (nSPS) is 15.5. The molecule has 0 aliphatic carbocycles. The van der Waals surface area contributed by atoms with Gasteiger partial charge >= 0.3 is 5.97 Å². The molecule has 1 aromatic rings. The van der Waals surface area contributed by atoms with Crippen molar-refractivity contribution in [2.24, 2.45) is 5.73 Å². The molecule has 0 spiro atoms. The number of halogens is 1. The summed E-state index contributed by atoms with van der Waals surface area (Å²) < 4.78 is 12.9. The Balaban J connectivity index is 2.69. The summed E-state index contributed by atoms with van der Waals surface area (Å²) in [6, 6.07) is 0. The number of carboxylic acid groups (broad SMARTS) is 1. The summed E-state index contributed by atoms with van der Waals surface area (Å²) in [5, 5.41) is 8.31. The summed E-state index contributed by atoms with van der Waals surface area (Å²) in [6.07, 6.45) is 2.24.